The van der Waals surface area contributed by atoms with Gasteiger partial charge >= 0.3 is 0 Å². The monoisotopic (exact) mass is 587 g/mol. The Labute approximate surface area is 217 Å². The largest absolute Gasteiger partial charge is 0.488 e. The lowest BCUT2D eigenvalue weighted by Crippen LogP contribution is -2.04. The highest BCUT2D eigenvalue weighted by atomic mass is 127. The Balaban J connectivity index is 1.76. The van der Waals surface area contributed by atoms with E-state index in [0.717, 1.165) is 22.4 Å². The molecule has 174 valence electrons. The van der Waals surface area contributed by atoms with Crippen LogP contribution in [0.3, 0.4) is 0 Å². The molecule has 0 aliphatic heterocycles. The molecule has 0 amide bonds. The van der Waals surface area contributed by atoms with Crippen molar-refractivity contribution in [2.45, 2.75) is 33.0 Å². The molecule has 1 heterocycles. The molecular weight excluding hydrogens is 565 g/mol. The molecule has 34 heavy (non-hydrogen) atoms. The van der Waals surface area contributed by atoms with Gasteiger partial charge in [0.05, 0.1) is 3.57 Å². The van der Waals surface area contributed by atoms with Crippen LogP contribution in [0.5, 0.6) is 11.5 Å². The quantitative estimate of drug-likeness (QED) is 0.149. The van der Waals surface area contributed by atoms with Crippen molar-refractivity contribution < 1.29 is 18.8 Å². The summed E-state index contributed by atoms with van der Waals surface area (Å²) in [6.07, 6.45) is 0. The molecule has 0 unspecified atom stereocenters. The molecule has 0 aliphatic rings. The van der Waals surface area contributed by atoms with E-state index in [1.165, 1.54) is 0 Å². The highest BCUT2D eigenvalue weighted by Gasteiger charge is 2.25. The number of rotatable bonds is 9. The van der Waals surface area contributed by atoms with E-state index in [9.17, 15) is 4.79 Å². The normalized spacial score (nSPS) is 11.0. The van der Waals surface area contributed by atoms with E-state index in [1.54, 1.807) is 0 Å². The minimum Gasteiger partial charge on any atom is -0.488 e. The fraction of sp³-hybridized carbons (Fsp3) is 0.185. The summed E-state index contributed by atoms with van der Waals surface area (Å²) >= 11 is 7.69. The minimum atomic E-state index is -0.693. The predicted molar refractivity (Wildman–Crippen MR) is 140 cm³/mol. The van der Waals surface area contributed by atoms with Crippen LogP contribution in [0.15, 0.2) is 77.3 Å². The highest BCUT2D eigenvalue weighted by molar-refractivity contribution is 14.1. The van der Waals surface area contributed by atoms with Crippen molar-refractivity contribution in [3.63, 3.8) is 0 Å². The van der Waals surface area contributed by atoms with E-state index >= 15 is 0 Å². The Morgan fingerprint density at radius 1 is 0.941 bits per heavy atom. The van der Waals surface area contributed by atoms with Gasteiger partial charge in [-0.05, 0) is 62.9 Å². The van der Waals surface area contributed by atoms with Crippen LogP contribution in [0.4, 0.5) is 0 Å². The highest BCUT2D eigenvalue weighted by Crippen LogP contribution is 2.41. The Bertz CT molecular complexity index is 1270. The van der Waals surface area contributed by atoms with Crippen LogP contribution in [0.1, 0.15) is 47.0 Å². The van der Waals surface area contributed by atoms with Crippen molar-refractivity contribution in [3.8, 4) is 22.8 Å². The van der Waals surface area contributed by atoms with Gasteiger partial charge in [0, 0.05) is 11.6 Å². The van der Waals surface area contributed by atoms with Gasteiger partial charge in [0.15, 0.2) is 0 Å². The van der Waals surface area contributed by atoms with Gasteiger partial charge in [-0.15, -0.1) is 0 Å². The second-order valence-corrected chi connectivity index (χ2v) is 9.46. The first-order chi connectivity index (χ1) is 16.4. The standard InChI is InChI=1S/C27H23ClINO4/c1-17(2)20-13-21(25-24(29)26(27(28)31)34-30-25)23(33-16-19-11-7-4-8-12-19)14-22(20)32-15-18-9-5-3-6-10-18/h3-14,17H,15-16H2,1-2H3. The smallest absolute Gasteiger partial charge is 0.291 e. The van der Waals surface area contributed by atoms with Gasteiger partial charge in [0.2, 0.25) is 5.76 Å². The average molecular weight is 588 g/mol. The molecule has 0 N–H and O–H groups in total. The SMILES string of the molecule is CC(C)c1cc(-c2noc(C(=O)Cl)c2I)c(OCc2ccccc2)cc1OCc1ccccc1. The van der Waals surface area contributed by atoms with Gasteiger partial charge in [-0.1, -0.05) is 79.7 Å². The summed E-state index contributed by atoms with van der Waals surface area (Å²) < 4.78 is 18.3. The van der Waals surface area contributed by atoms with Crippen molar-refractivity contribution >= 4 is 39.4 Å². The summed E-state index contributed by atoms with van der Waals surface area (Å²) in [5.74, 6) is 1.50. The molecule has 0 radical (unpaired) electrons. The number of aromatic nitrogens is 1. The minimum absolute atomic E-state index is 0.0155. The maximum absolute atomic E-state index is 11.7. The lowest BCUT2D eigenvalue weighted by molar-refractivity contribution is 0.104. The molecule has 0 bridgehead atoms. The fourth-order valence-corrected chi connectivity index (χ4v) is 4.52. The third-order valence-corrected chi connectivity index (χ3v) is 6.45. The summed E-state index contributed by atoms with van der Waals surface area (Å²) in [7, 11) is 0. The number of carbonyl (C=O) groups excluding carboxylic acids is 1. The van der Waals surface area contributed by atoms with Crippen LogP contribution in [-0.4, -0.2) is 10.4 Å². The molecule has 3 aromatic carbocycles. The summed E-state index contributed by atoms with van der Waals surface area (Å²) in [4.78, 5) is 11.7. The summed E-state index contributed by atoms with van der Waals surface area (Å²) in [5.41, 5.74) is 4.31. The van der Waals surface area contributed by atoms with E-state index in [0.29, 0.717) is 33.8 Å². The van der Waals surface area contributed by atoms with E-state index < -0.39 is 5.24 Å². The molecule has 0 aliphatic carbocycles. The van der Waals surface area contributed by atoms with Gasteiger partial charge in [-0.2, -0.15) is 0 Å². The third-order valence-electron chi connectivity index (χ3n) is 5.28. The Kier molecular flexibility index (Phi) is 7.90. The van der Waals surface area contributed by atoms with E-state index in [-0.39, 0.29) is 11.7 Å². The number of hydrogen-bond donors (Lipinski definition) is 0. The molecule has 5 nitrogen and oxygen atoms in total. The molecule has 0 saturated heterocycles. The second-order valence-electron chi connectivity index (χ2n) is 8.04. The molecule has 1 aromatic heterocycles. The zero-order valence-corrected chi connectivity index (χ0v) is 21.7. The molecule has 0 atom stereocenters. The van der Waals surface area contributed by atoms with Crippen molar-refractivity contribution in [2.24, 2.45) is 0 Å². The number of ether oxygens (including phenoxy) is 2. The zero-order chi connectivity index (χ0) is 24.1. The molecule has 4 aromatic rings. The maximum atomic E-state index is 11.7. The van der Waals surface area contributed by atoms with Crippen LogP contribution in [-0.2, 0) is 13.2 Å². The molecule has 7 heteroatoms. The molecule has 0 fully saturated rings. The predicted octanol–water partition coefficient (Wildman–Crippen LogP) is 7.61. The van der Waals surface area contributed by atoms with Crippen LogP contribution in [0.2, 0.25) is 0 Å². The van der Waals surface area contributed by atoms with Crippen LogP contribution in [0, 0.1) is 3.57 Å². The first kappa shape index (κ1) is 24.3. The van der Waals surface area contributed by atoms with Crippen LogP contribution < -0.4 is 9.47 Å². The lowest BCUT2D eigenvalue weighted by Gasteiger charge is -2.19. The summed E-state index contributed by atoms with van der Waals surface area (Å²) in [6, 6.07) is 23.8. The fourth-order valence-electron chi connectivity index (χ4n) is 3.50. The van der Waals surface area contributed by atoms with Crippen molar-refractivity contribution in [1.29, 1.82) is 0 Å². The molecule has 0 spiro atoms. The number of nitrogens with zero attached hydrogens (tertiary/aromatic N) is 1. The van der Waals surface area contributed by atoms with Gasteiger partial charge in [-0.3, -0.25) is 4.79 Å². The number of benzene rings is 3. The van der Waals surface area contributed by atoms with E-state index in [1.807, 2.05) is 95.4 Å². The van der Waals surface area contributed by atoms with E-state index in [2.05, 4.69) is 19.0 Å². The molecule has 4 rings (SSSR count). The molecular formula is C27H23ClINO4. The Morgan fingerprint density at radius 3 is 2.00 bits per heavy atom. The van der Waals surface area contributed by atoms with Crippen molar-refractivity contribution in [2.75, 3.05) is 0 Å². The van der Waals surface area contributed by atoms with Gasteiger partial charge in [-0.25, -0.2) is 0 Å². The van der Waals surface area contributed by atoms with Gasteiger partial charge in [0.1, 0.15) is 30.4 Å². The maximum Gasteiger partial charge on any atom is 0.291 e. The van der Waals surface area contributed by atoms with Gasteiger partial charge < -0.3 is 14.0 Å². The van der Waals surface area contributed by atoms with Crippen LogP contribution >= 0.6 is 34.2 Å². The van der Waals surface area contributed by atoms with E-state index in [4.69, 9.17) is 25.6 Å². The number of halogens is 2. The van der Waals surface area contributed by atoms with Crippen LogP contribution in [0.25, 0.3) is 11.3 Å². The molecule has 0 saturated carbocycles. The lowest BCUT2D eigenvalue weighted by atomic mass is 9.97. The zero-order valence-electron chi connectivity index (χ0n) is 18.8. The third kappa shape index (κ3) is 5.62. The average Bonchev–Trinajstić information content (AvgIpc) is 3.23. The Hall–Kier alpha value is -2.84. The topological polar surface area (TPSA) is 61.6 Å². The van der Waals surface area contributed by atoms with Crippen molar-refractivity contribution in [1.82, 2.24) is 5.16 Å². The summed E-state index contributed by atoms with van der Waals surface area (Å²) in [6.45, 7) is 4.99. The number of carbonyl (C=O) groups is 1. The Morgan fingerprint density at radius 2 is 1.50 bits per heavy atom. The first-order valence-corrected chi connectivity index (χ1v) is 12.3. The van der Waals surface area contributed by atoms with Crippen molar-refractivity contribution in [3.05, 3.63) is 98.8 Å². The first-order valence-electron chi connectivity index (χ1n) is 10.8. The summed E-state index contributed by atoms with van der Waals surface area (Å²) in [5, 5.41) is 3.45. The van der Waals surface area contributed by atoms with Gasteiger partial charge in [0.25, 0.3) is 5.24 Å². The number of hydrogen-bond acceptors (Lipinski definition) is 5. The second kappa shape index (κ2) is 11.1.